The van der Waals surface area contributed by atoms with E-state index in [0.717, 1.165) is 11.4 Å². The molecule has 24 heavy (non-hydrogen) atoms. The first kappa shape index (κ1) is 17.9. The first-order chi connectivity index (χ1) is 11.5. The van der Waals surface area contributed by atoms with Crippen LogP contribution in [0.1, 0.15) is 42.6 Å². The van der Waals surface area contributed by atoms with E-state index in [1.165, 1.54) is 5.56 Å². The van der Waals surface area contributed by atoms with Gasteiger partial charge in [0.1, 0.15) is 5.75 Å². The SMILES string of the molecule is CCOc1cccc(NC(=S)NC(=O)c2ccc(C(C)C)cc2)c1. The molecule has 0 saturated heterocycles. The van der Waals surface area contributed by atoms with Crippen molar-refractivity contribution in [2.75, 3.05) is 11.9 Å². The van der Waals surface area contributed by atoms with Gasteiger partial charge in [-0.1, -0.05) is 32.0 Å². The molecule has 0 aliphatic carbocycles. The summed E-state index contributed by atoms with van der Waals surface area (Å²) in [4.78, 5) is 12.2. The van der Waals surface area contributed by atoms with E-state index in [2.05, 4.69) is 24.5 Å². The lowest BCUT2D eigenvalue weighted by atomic mass is 10.0. The molecule has 0 radical (unpaired) electrons. The molecule has 0 heterocycles. The zero-order valence-corrected chi connectivity index (χ0v) is 14.9. The molecule has 0 aromatic heterocycles. The number of hydrogen-bond donors (Lipinski definition) is 2. The Morgan fingerprint density at radius 3 is 2.50 bits per heavy atom. The van der Waals surface area contributed by atoms with Crippen LogP contribution in [0.2, 0.25) is 0 Å². The Bertz CT molecular complexity index is 712. The van der Waals surface area contributed by atoms with Crippen LogP contribution in [0.5, 0.6) is 5.75 Å². The monoisotopic (exact) mass is 342 g/mol. The lowest BCUT2D eigenvalue weighted by molar-refractivity contribution is 0.0977. The Kier molecular flexibility index (Phi) is 6.32. The van der Waals surface area contributed by atoms with Crippen molar-refractivity contribution in [1.82, 2.24) is 5.32 Å². The van der Waals surface area contributed by atoms with Crippen molar-refractivity contribution >= 4 is 28.9 Å². The molecular formula is C19H22N2O2S. The average Bonchev–Trinajstić information content (AvgIpc) is 2.55. The fraction of sp³-hybridized carbons (Fsp3) is 0.263. The molecule has 126 valence electrons. The normalized spacial score (nSPS) is 10.3. The highest BCUT2D eigenvalue weighted by atomic mass is 32.1. The first-order valence-electron chi connectivity index (χ1n) is 7.94. The third kappa shape index (κ3) is 5.06. The Morgan fingerprint density at radius 2 is 1.88 bits per heavy atom. The van der Waals surface area contributed by atoms with E-state index in [1.54, 1.807) is 0 Å². The molecule has 0 aliphatic heterocycles. The lowest BCUT2D eigenvalue weighted by Crippen LogP contribution is -2.34. The predicted octanol–water partition coefficient (Wildman–Crippen LogP) is 4.34. The maximum absolute atomic E-state index is 12.2. The van der Waals surface area contributed by atoms with Crippen LogP contribution < -0.4 is 15.4 Å². The number of carbonyl (C=O) groups excluding carboxylic acids is 1. The summed E-state index contributed by atoms with van der Waals surface area (Å²) in [7, 11) is 0. The summed E-state index contributed by atoms with van der Waals surface area (Å²) in [6.07, 6.45) is 0. The molecule has 2 aromatic carbocycles. The second kappa shape index (κ2) is 8.45. The molecule has 4 nitrogen and oxygen atoms in total. The van der Waals surface area contributed by atoms with E-state index in [9.17, 15) is 4.79 Å². The van der Waals surface area contributed by atoms with Crippen molar-refractivity contribution in [3.8, 4) is 5.75 Å². The molecule has 0 aliphatic rings. The van der Waals surface area contributed by atoms with Crippen molar-refractivity contribution in [3.63, 3.8) is 0 Å². The zero-order valence-electron chi connectivity index (χ0n) is 14.1. The molecule has 2 N–H and O–H groups in total. The number of carbonyl (C=O) groups is 1. The maximum atomic E-state index is 12.2. The van der Waals surface area contributed by atoms with Crippen LogP contribution in [0.15, 0.2) is 48.5 Å². The number of ether oxygens (including phenoxy) is 1. The van der Waals surface area contributed by atoms with Crippen LogP contribution in [0.25, 0.3) is 0 Å². The molecule has 0 fully saturated rings. The van der Waals surface area contributed by atoms with Crippen LogP contribution in [0, 0.1) is 0 Å². The molecule has 0 spiro atoms. The highest BCUT2D eigenvalue weighted by Gasteiger charge is 2.09. The van der Waals surface area contributed by atoms with Crippen molar-refractivity contribution in [3.05, 3.63) is 59.7 Å². The molecular weight excluding hydrogens is 320 g/mol. The summed E-state index contributed by atoms with van der Waals surface area (Å²) in [5.41, 5.74) is 2.54. The highest BCUT2D eigenvalue weighted by Crippen LogP contribution is 2.17. The third-order valence-corrected chi connectivity index (χ3v) is 3.67. The Labute approximate surface area is 148 Å². The molecule has 0 bridgehead atoms. The molecule has 0 unspecified atom stereocenters. The van der Waals surface area contributed by atoms with E-state index in [0.29, 0.717) is 18.1 Å². The molecule has 2 aromatic rings. The minimum atomic E-state index is -0.233. The highest BCUT2D eigenvalue weighted by molar-refractivity contribution is 7.80. The standard InChI is InChI=1S/C19H22N2O2S/c1-4-23-17-7-5-6-16(12-17)20-19(24)21-18(22)15-10-8-14(9-11-15)13(2)3/h5-13H,4H2,1-3H3,(H2,20,21,22,24). The summed E-state index contributed by atoms with van der Waals surface area (Å²) in [5, 5.41) is 5.93. The summed E-state index contributed by atoms with van der Waals surface area (Å²) >= 11 is 5.20. The van der Waals surface area contributed by atoms with E-state index in [-0.39, 0.29) is 11.0 Å². The van der Waals surface area contributed by atoms with Crippen LogP contribution >= 0.6 is 12.2 Å². The minimum Gasteiger partial charge on any atom is -0.494 e. The second-order valence-electron chi connectivity index (χ2n) is 5.65. The van der Waals surface area contributed by atoms with Gasteiger partial charge >= 0.3 is 0 Å². The fourth-order valence-corrected chi connectivity index (χ4v) is 2.40. The predicted molar refractivity (Wildman–Crippen MR) is 102 cm³/mol. The quantitative estimate of drug-likeness (QED) is 0.794. The van der Waals surface area contributed by atoms with Gasteiger partial charge in [-0.15, -0.1) is 0 Å². The van der Waals surface area contributed by atoms with Crippen LogP contribution in [0.3, 0.4) is 0 Å². The minimum absolute atomic E-state index is 0.233. The van der Waals surface area contributed by atoms with Gasteiger partial charge < -0.3 is 10.1 Å². The Hall–Kier alpha value is -2.40. The van der Waals surface area contributed by atoms with Gasteiger partial charge in [-0.25, -0.2) is 0 Å². The van der Waals surface area contributed by atoms with E-state index < -0.39 is 0 Å². The molecule has 0 atom stereocenters. The zero-order chi connectivity index (χ0) is 17.5. The van der Waals surface area contributed by atoms with Crippen LogP contribution in [-0.2, 0) is 0 Å². The maximum Gasteiger partial charge on any atom is 0.257 e. The van der Waals surface area contributed by atoms with Gasteiger partial charge in [0, 0.05) is 17.3 Å². The van der Waals surface area contributed by atoms with E-state index >= 15 is 0 Å². The summed E-state index contributed by atoms with van der Waals surface area (Å²) < 4.78 is 5.44. The van der Waals surface area contributed by atoms with Gasteiger partial charge in [-0.05, 0) is 54.9 Å². The second-order valence-corrected chi connectivity index (χ2v) is 6.05. The number of amides is 1. The molecule has 2 rings (SSSR count). The third-order valence-electron chi connectivity index (χ3n) is 3.47. The topological polar surface area (TPSA) is 50.4 Å². The van der Waals surface area contributed by atoms with Gasteiger partial charge in [0.15, 0.2) is 5.11 Å². The van der Waals surface area contributed by atoms with Crippen molar-refractivity contribution in [2.24, 2.45) is 0 Å². The number of hydrogen-bond acceptors (Lipinski definition) is 3. The Balaban J connectivity index is 1.96. The number of thiocarbonyl (C=S) groups is 1. The number of anilines is 1. The van der Waals surface area contributed by atoms with Gasteiger partial charge in [0.05, 0.1) is 6.61 Å². The van der Waals surface area contributed by atoms with Crippen molar-refractivity contribution in [1.29, 1.82) is 0 Å². The van der Waals surface area contributed by atoms with Gasteiger partial charge in [-0.3, -0.25) is 10.1 Å². The summed E-state index contributed by atoms with van der Waals surface area (Å²) in [6, 6.07) is 15.0. The molecule has 1 amide bonds. The van der Waals surface area contributed by atoms with Gasteiger partial charge in [0.2, 0.25) is 0 Å². The van der Waals surface area contributed by atoms with Gasteiger partial charge in [-0.2, -0.15) is 0 Å². The van der Waals surface area contributed by atoms with Crippen molar-refractivity contribution < 1.29 is 9.53 Å². The average molecular weight is 342 g/mol. The Morgan fingerprint density at radius 1 is 1.17 bits per heavy atom. The lowest BCUT2D eigenvalue weighted by Gasteiger charge is -2.11. The molecule has 5 heteroatoms. The molecule has 0 saturated carbocycles. The number of benzene rings is 2. The van der Waals surface area contributed by atoms with E-state index in [4.69, 9.17) is 17.0 Å². The number of nitrogens with one attached hydrogen (secondary N) is 2. The largest absolute Gasteiger partial charge is 0.494 e. The fourth-order valence-electron chi connectivity index (χ4n) is 2.19. The van der Waals surface area contributed by atoms with E-state index in [1.807, 2.05) is 55.5 Å². The number of rotatable bonds is 5. The summed E-state index contributed by atoms with van der Waals surface area (Å²) in [6.45, 7) is 6.75. The van der Waals surface area contributed by atoms with Gasteiger partial charge in [0.25, 0.3) is 5.91 Å². The van der Waals surface area contributed by atoms with Crippen LogP contribution in [0.4, 0.5) is 5.69 Å². The smallest absolute Gasteiger partial charge is 0.257 e. The first-order valence-corrected chi connectivity index (χ1v) is 8.35. The summed E-state index contributed by atoms with van der Waals surface area (Å²) in [5.74, 6) is 0.951. The van der Waals surface area contributed by atoms with Crippen molar-refractivity contribution in [2.45, 2.75) is 26.7 Å². The van der Waals surface area contributed by atoms with Crippen LogP contribution in [-0.4, -0.2) is 17.6 Å².